The number of carbonyl (C=O) groups is 2. The topological polar surface area (TPSA) is 100 Å². The Balaban J connectivity index is 0.000000878. The second kappa shape index (κ2) is 9.45. The molecular formula is C19H19F2N3O4. The van der Waals surface area contributed by atoms with Gasteiger partial charge >= 0.3 is 0 Å². The summed E-state index contributed by atoms with van der Waals surface area (Å²) in [7, 11) is 1.28. The standard InChI is InChI=1S/C18H17F2N3O2.CH2O2/c1-10-7-16(24)22-23-18(10)11-3-5-12(6-4-11)21-13-8-14(19)17(20)15(9-13)25-2;2-1-3/h3-6,8-10,21H,7H2,1-2H3,(H,22,24);1H,(H,2,3)/t10-;/m1./s1. The van der Waals surface area contributed by atoms with Crippen LogP contribution in [-0.4, -0.2) is 30.3 Å². The summed E-state index contributed by atoms with van der Waals surface area (Å²) in [4.78, 5) is 19.7. The zero-order valence-corrected chi connectivity index (χ0v) is 15.2. The van der Waals surface area contributed by atoms with Gasteiger partial charge < -0.3 is 15.2 Å². The van der Waals surface area contributed by atoms with Crippen molar-refractivity contribution in [2.24, 2.45) is 11.0 Å². The Labute approximate surface area is 160 Å². The zero-order chi connectivity index (χ0) is 20.7. The van der Waals surface area contributed by atoms with E-state index in [1.165, 1.54) is 13.2 Å². The van der Waals surface area contributed by atoms with Crippen LogP contribution in [0.4, 0.5) is 20.2 Å². The minimum absolute atomic E-state index is 0.0306. The van der Waals surface area contributed by atoms with E-state index in [9.17, 15) is 13.6 Å². The van der Waals surface area contributed by atoms with Crippen molar-refractivity contribution in [1.82, 2.24) is 5.43 Å². The third kappa shape index (κ3) is 5.03. The lowest BCUT2D eigenvalue weighted by molar-refractivity contribution is -0.123. The Morgan fingerprint density at radius 2 is 1.89 bits per heavy atom. The number of methoxy groups -OCH3 is 1. The number of amides is 1. The average Bonchev–Trinajstić information content (AvgIpc) is 2.66. The van der Waals surface area contributed by atoms with Crippen LogP contribution in [-0.2, 0) is 9.59 Å². The molecule has 0 saturated heterocycles. The summed E-state index contributed by atoms with van der Waals surface area (Å²) in [6.45, 7) is 1.69. The molecule has 2 aromatic rings. The number of hydrogen-bond donors (Lipinski definition) is 3. The van der Waals surface area contributed by atoms with Gasteiger partial charge in [0.25, 0.3) is 6.47 Å². The van der Waals surface area contributed by atoms with Gasteiger partial charge in [-0.15, -0.1) is 0 Å². The number of carboxylic acid groups (broad SMARTS) is 1. The molecule has 0 saturated carbocycles. The fraction of sp³-hybridized carbons (Fsp3) is 0.211. The highest BCUT2D eigenvalue weighted by molar-refractivity contribution is 6.05. The third-order valence-electron chi connectivity index (χ3n) is 3.94. The maximum Gasteiger partial charge on any atom is 0.290 e. The second-order valence-corrected chi connectivity index (χ2v) is 5.92. The molecule has 2 aromatic carbocycles. The lowest BCUT2D eigenvalue weighted by Crippen LogP contribution is -2.31. The van der Waals surface area contributed by atoms with E-state index < -0.39 is 11.6 Å². The van der Waals surface area contributed by atoms with E-state index in [4.69, 9.17) is 14.6 Å². The SMILES string of the molecule is COc1cc(Nc2ccc(C3=NNC(=O)C[C@H]3C)cc2)cc(F)c1F.O=CO. The van der Waals surface area contributed by atoms with Crippen LogP contribution in [0, 0.1) is 17.6 Å². The molecule has 148 valence electrons. The van der Waals surface area contributed by atoms with Crippen molar-refractivity contribution in [1.29, 1.82) is 0 Å². The van der Waals surface area contributed by atoms with E-state index in [1.807, 2.05) is 19.1 Å². The molecule has 7 nitrogen and oxygen atoms in total. The number of hydrazone groups is 1. The molecule has 1 aliphatic rings. The van der Waals surface area contributed by atoms with Crippen molar-refractivity contribution in [3.8, 4) is 5.75 Å². The third-order valence-corrected chi connectivity index (χ3v) is 3.94. The molecule has 28 heavy (non-hydrogen) atoms. The van der Waals surface area contributed by atoms with E-state index in [0.29, 0.717) is 17.8 Å². The maximum atomic E-state index is 13.6. The van der Waals surface area contributed by atoms with Gasteiger partial charge in [0.05, 0.1) is 12.8 Å². The minimum atomic E-state index is -1.02. The van der Waals surface area contributed by atoms with Gasteiger partial charge in [-0.1, -0.05) is 19.1 Å². The maximum absolute atomic E-state index is 13.6. The number of carbonyl (C=O) groups excluding carboxylic acids is 1. The van der Waals surface area contributed by atoms with Crippen molar-refractivity contribution in [2.75, 3.05) is 12.4 Å². The monoisotopic (exact) mass is 391 g/mol. The van der Waals surface area contributed by atoms with E-state index in [2.05, 4.69) is 15.8 Å². The van der Waals surface area contributed by atoms with Crippen molar-refractivity contribution < 1.29 is 28.2 Å². The Bertz CT molecular complexity index is 885. The summed E-state index contributed by atoms with van der Waals surface area (Å²) in [6.07, 6.45) is 0.396. The lowest BCUT2D eigenvalue weighted by atomic mass is 9.94. The minimum Gasteiger partial charge on any atom is -0.493 e. The summed E-state index contributed by atoms with van der Waals surface area (Å²) in [5, 5.41) is 14.0. The number of halogens is 2. The molecule has 0 unspecified atom stereocenters. The summed E-state index contributed by atoms with van der Waals surface area (Å²) in [5.41, 5.74) is 5.25. The van der Waals surface area contributed by atoms with Gasteiger partial charge in [0.1, 0.15) is 0 Å². The first-order valence-corrected chi connectivity index (χ1v) is 8.24. The van der Waals surface area contributed by atoms with Gasteiger partial charge in [-0.05, 0) is 17.7 Å². The van der Waals surface area contributed by atoms with Crippen LogP contribution < -0.4 is 15.5 Å². The van der Waals surface area contributed by atoms with Crippen LogP contribution in [0.2, 0.25) is 0 Å². The Kier molecular flexibility index (Phi) is 7.02. The first-order chi connectivity index (χ1) is 13.4. The molecular weight excluding hydrogens is 372 g/mol. The van der Waals surface area contributed by atoms with E-state index in [1.54, 1.807) is 12.1 Å². The Morgan fingerprint density at radius 3 is 2.46 bits per heavy atom. The molecule has 0 aromatic heterocycles. The van der Waals surface area contributed by atoms with Crippen molar-refractivity contribution >= 4 is 29.5 Å². The van der Waals surface area contributed by atoms with Crippen molar-refractivity contribution in [2.45, 2.75) is 13.3 Å². The summed E-state index contributed by atoms with van der Waals surface area (Å²) >= 11 is 0. The van der Waals surface area contributed by atoms with Crippen LogP contribution in [0.3, 0.4) is 0 Å². The van der Waals surface area contributed by atoms with Crippen LogP contribution >= 0.6 is 0 Å². The van der Waals surface area contributed by atoms with E-state index in [-0.39, 0.29) is 24.0 Å². The summed E-state index contributed by atoms with van der Waals surface area (Å²) in [6, 6.07) is 9.76. The van der Waals surface area contributed by atoms with Crippen LogP contribution in [0.1, 0.15) is 18.9 Å². The highest BCUT2D eigenvalue weighted by atomic mass is 19.2. The molecule has 0 radical (unpaired) electrons. The molecule has 0 fully saturated rings. The average molecular weight is 391 g/mol. The number of rotatable bonds is 4. The van der Waals surface area contributed by atoms with Gasteiger partial charge in [0.15, 0.2) is 11.6 Å². The highest BCUT2D eigenvalue weighted by Crippen LogP contribution is 2.27. The first kappa shape index (κ1) is 20.8. The van der Waals surface area contributed by atoms with Crippen LogP contribution in [0.15, 0.2) is 41.5 Å². The fourth-order valence-electron chi connectivity index (χ4n) is 2.68. The van der Waals surface area contributed by atoms with Gasteiger partial charge in [-0.2, -0.15) is 9.49 Å². The molecule has 1 heterocycles. The van der Waals surface area contributed by atoms with E-state index >= 15 is 0 Å². The number of nitrogens with zero attached hydrogens (tertiary/aromatic N) is 1. The smallest absolute Gasteiger partial charge is 0.290 e. The predicted octanol–water partition coefficient (Wildman–Crippen LogP) is 3.28. The number of nitrogens with one attached hydrogen (secondary N) is 2. The second-order valence-electron chi connectivity index (χ2n) is 5.92. The fourth-order valence-corrected chi connectivity index (χ4v) is 2.68. The van der Waals surface area contributed by atoms with Gasteiger partial charge in [0, 0.05) is 35.8 Å². The molecule has 1 atom stereocenters. The molecule has 0 bridgehead atoms. The predicted molar refractivity (Wildman–Crippen MR) is 99.8 cm³/mol. The number of ether oxygens (including phenoxy) is 1. The van der Waals surface area contributed by atoms with Gasteiger partial charge in [-0.25, -0.2) is 9.82 Å². The van der Waals surface area contributed by atoms with Crippen molar-refractivity contribution in [3.05, 3.63) is 53.6 Å². The largest absolute Gasteiger partial charge is 0.493 e. The van der Waals surface area contributed by atoms with Crippen molar-refractivity contribution in [3.63, 3.8) is 0 Å². The molecule has 3 N–H and O–H groups in total. The number of anilines is 2. The first-order valence-electron chi connectivity index (χ1n) is 8.24. The quantitative estimate of drug-likeness (QED) is 0.695. The number of hydrogen-bond acceptors (Lipinski definition) is 5. The van der Waals surface area contributed by atoms with E-state index in [0.717, 1.165) is 17.3 Å². The van der Waals surface area contributed by atoms with Crippen LogP contribution in [0.25, 0.3) is 0 Å². The molecule has 0 aliphatic carbocycles. The zero-order valence-electron chi connectivity index (χ0n) is 15.2. The summed E-state index contributed by atoms with van der Waals surface area (Å²) < 4.78 is 31.9. The lowest BCUT2D eigenvalue weighted by Gasteiger charge is -2.19. The highest BCUT2D eigenvalue weighted by Gasteiger charge is 2.21. The molecule has 1 amide bonds. The Morgan fingerprint density at radius 1 is 1.25 bits per heavy atom. The van der Waals surface area contributed by atoms with Crippen LogP contribution in [0.5, 0.6) is 5.75 Å². The molecule has 9 heteroatoms. The normalized spacial score (nSPS) is 15.5. The molecule has 1 aliphatic heterocycles. The molecule has 3 rings (SSSR count). The van der Waals surface area contributed by atoms with Gasteiger partial charge in [0.2, 0.25) is 11.7 Å². The Hall–Kier alpha value is -3.49. The molecule has 0 spiro atoms. The summed E-state index contributed by atoms with van der Waals surface area (Å²) in [5.74, 6) is -2.24. The van der Waals surface area contributed by atoms with Gasteiger partial charge in [-0.3, -0.25) is 9.59 Å². The number of benzene rings is 2.